The maximum Gasteiger partial charge on any atom is 0.228 e. The highest BCUT2D eigenvalue weighted by Gasteiger charge is 2.27. The van der Waals surface area contributed by atoms with E-state index in [0.29, 0.717) is 11.6 Å². The fourth-order valence-corrected chi connectivity index (χ4v) is 4.31. The lowest BCUT2D eigenvalue weighted by Gasteiger charge is -2.18. The van der Waals surface area contributed by atoms with Crippen molar-refractivity contribution in [3.8, 4) is 11.3 Å². The molecule has 1 unspecified atom stereocenters. The normalized spacial score (nSPS) is 15.2. The van der Waals surface area contributed by atoms with E-state index in [1.807, 2.05) is 6.92 Å². The van der Waals surface area contributed by atoms with Crippen LogP contribution in [0.15, 0.2) is 16.7 Å². The number of hydrogen-bond acceptors (Lipinski definition) is 5. The Morgan fingerprint density at radius 1 is 1.11 bits per heavy atom. The molecular weight excluding hydrogens is 348 g/mol. The number of nitrogens with zero attached hydrogens (tertiary/aromatic N) is 3. The van der Waals surface area contributed by atoms with Gasteiger partial charge in [-0.3, -0.25) is 0 Å². The summed E-state index contributed by atoms with van der Waals surface area (Å²) in [4.78, 5) is 9.36. The lowest BCUT2D eigenvalue weighted by molar-refractivity contribution is 0.458. The van der Waals surface area contributed by atoms with Crippen molar-refractivity contribution in [2.24, 2.45) is 5.92 Å². The fraction of sp³-hybridized carbons (Fsp3) is 0.522. The predicted octanol–water partition coefficient (Wildman–Crippen LogP) is 5.90. The van der Waals surface area contributed by atoms with E-state index in [-0.39, 0.29) is 0 Å². The Kier molecular flexibility index (Phi) is 5.09. The molecule has 0 spiro atoms. The van der Waals surface area contributed by atoms with E-state index in [1.54, 1.807) is 0 Å². The minimum Gasteiger partial charge on any atom is -0.364 e. The minimum atomic E-state index is 0.423. The van der Waals surface area contributed by atoms with Gasteiger partial charge < -0.3 is 9.84 Å². The molecule has 148 valence electrons. The SMILES string of the molecule is CCCC(CC1CC1)Nc1nc(C)nc2c(-c3c(C)cc(C)cc3C)noc12. The summed E-state index contributed by atoms with van der Waals surface area (Å²) in [5, 5.41) is 8.08. The fourth-order valence-electron chi connectivity index (χ4n) is 4.31. The summed E-state index contributed by atoms with van der Waals surface area (Å²) in [5.74, 6) is 2.39. The Bertz CT molecular complexity index is 980. The van der Waals surface area contributed by atoms with Gasteiger partial charge in [-0.05, 0) is 57.6 Å². The van der Waals surface area contributed by atoms with Gasteiger partial charge in [0.05, 0.1) is 0 Å². The van der Waals surface area contributed by atoms with E-state index in [4.69, 9.17) is 9.51 Å². The molecule has 1 saturated carbocycles. The van der Waals surface area contributed by atoms with Gasteiger partial charge in [0.1, 0.15) is 17.0 Å². The largest absolute Gasteiger partial charge is 0.364 e. The van der Waals surface area contributed by atoms with Crippen LogP contribution in [0.4, 0.5) is 5.82 Å². The van der Waals surface area contributed by atoms with Crippen molar-refractivity contribution in [2.75, 3.05) is 5.32 Å². The summed E-state index contributed by atoms with van der Waals surface area (Å²) in [7, 11) is 0. The third-order valence-corrected chi connectivity index (χ3v) is 5.64. The summed E-state index contributed by atoms with van der Waals surface area (Å²) >= 11 is 0. The summed E-state index contributed by atoms with van der Waals surface area (Å²) in [6.07, 6.45) is 6.21. The van der Waals surface area contributed by atoms with Crippen LogP contribution >= 0.6 is 0 Å². The third-order valence-electron chi connectivity index (χ3n) is 5.64. The quantitative estimate of drug-likeness (QED) is 0.554. The maximum atomic E-state index is 5.79. The van der Waals surface area contributed by atoms with Gasteiger partial charge in [0.2, 0.25) is 5.58 Å². The molecule has 0 radical (unpaired) electrons. The average molecular weight is 379 g/mol. The van der Waals surface area contributed by atoms with Gasteiger partial charge >= 0.3 is 0 Å². The number of fused-ring (bicyclic) bond motifs is 1. The first-order valence-electron chi connectivity index (χ1n) is 10.4. The Hall–Kier alpha value is -2.43. The van der Waals surface area contributed by atoms with Crippen molar-refractivity contribution in [3.63, 3.8) is 0 Å². The van der Waals surface area contributed by atoms with Crippen LogP contribution < -0.4 is 5.32 Å². The minimum absolute atomic E-state index is 0.423. The van der Waals surface area contributed by atoms with Crippen LogP contribution in [0, 0.1) is 33.6 Å². The van der Waals surface area contributed by atoms with Crippen LogP contribution in [0.5, 0.6) is 0 Å². The molecule has 5 nitrogen and oxygen atoms in total. The molecule has 1 fully saturated rings. The van der Waals surface area contributed by atoms with Crippen molar-refractivity contribution < 1.29 is 4.52 Å². The lowest BCUT2D eigenvalue weighted by Crippen LogP contribution is -2.21. The number of aromatic nitrogens is 3. The Morgan fingerprint density at radius 3 is 2.46 bits per heavy atom. The number of aryl methyl sites for hydroxylation is 4. The molecule has 2 heterocycles. The summed E-state index contributed by atoms with van der Waals surface area (Å²) in [6, 6.07) is 4.79. The van der Waals surface area contributed by atoms with E-state index < -0.39 is 0 Å². The maximum absolute atomic E-state index is 5.79. The number of nitrogens with one attached hydrogen (secondary N) is 1. The van der Waals surface area contributed by atoms with Gasteiger partial charge in [0.15, 0.2) is 5.82 Å². The monoisotopic (exact) mass is 378 g/mol. The molecular formula is C23H30N4O. The topological polar surface area (TPSA) is 63.8 Å². The molecule has 1 atom stereocenters. The van der Waals surface area contributed by atoms with Crippen LogP contribution in [0.25, 0.3) is 22.4 Å². The van der Waals surface area contributed by atoms with E-state index in [2.05, 4.69) is 55.3 Å². The number of rotatable bonds is 7. The lowest BCUT2D eigenvalue weighted by atomic mass is 9.97. The van der Waals surface area contributed by atoms with Gasteiger partial charge in [-0.1, -0.05) is 49.0 Å². The molecule has 4 rings (SSSR count). The van der Waals surface area contributed by atoms with E-state index in [1.165, 1.54) is 36.0 Å². The summed E-state index contributed by atoms with van der Waals surface area (Å²) in [5.41, 5.74) is 7.02. The zero-order chi connectivity index (χ0) is 19.8. The number of hydrogen-bond donors (Lipinski definition) is 1. The van der Waals surface area contributed by atoms with E-state index >= 15 is 0 Å². The summed E-state index contributed by atoms with van der Waals surface area (Å²) in [6.45, 7) is 10.5. The highest BCUT2D eigenvalue weighted by molar-refractivity contribution is 5.95. The first-order chi connectivity index (χ1) is 13.5. The molecule has 0 amide bonds. The van der Waals surface area contributed by atoms with Crippen molar-refractivity contribution >= 4 is 16.9 Å². The second-order valence-corrected chi connectivity index (χ2v) is 8.41. The van der Waals surface area contributed by atoms with Crippen molar-refractivity contribution in [2.45, 2.75) is 72.8 Å². The highest BCUT2D eigenvalue weighted by atomic mass is 16.5. The molecule has 28 heavy (non-hydrogen) atoms. The first-order valence-corrected chi connectivity index (χ1v) is 10.4. The van der Waals surface area contributed by atoms with Crippen LogP contribution in [0.1, 0.15) is 61.5 Å². The molecule has 1 aliphatic rings. The molecule has 2 aromatic heterocycles. The second kappa shape index (κ2) is 7.53. The van der Waals surface area contributed by atoms with Gasteiger partial charge in [-0.15, -0.1) is 0 Å². The first kappa shape index (κ1) is 18.9. The molecule has 0 saturated heterocycles. The Balaban J connectivity index is 1.76. The zero-order valence-electron chi connectivity index (χ0n) is 17.6. The molecule has 1 aromatic carbocycles. The van der Waals surface area contributed by atoms with E-state index in [0.717, 1.165) is 47.2 Å². The molecule has 0 aliphatic heterocycles. The Morgan fingerprint density at radius 2 is 1.82 bits per heavy atom. The molecule has 1 aliphatic carbocycles. The van der Waals surface area contributed by atoms with Gasteiger partial charge in [0.25, 0.3) is 0 Å². The standard InChI is InChI=1S/C23H30N4O/c1-6-7-18(12-17-8-9-17)26-23-22-21(24-16(5)25-23)20(27-28-22)19-14(3)10-13(2)11-15(19)4/h10-11,17-18H,6-9,12H2,1-5H3,(H,24,25,26). The van der Waals surface area contributed by atoms with Crippen LogP contribution in [-0.2, 0) is 0 Å². The smallest absolute Gasteiger partial charge is 0.228 e. The zero-order valence-corrected chi connectivity index (χ0v) is 17.6. The average Bonchev–Trinajstić information content (AvgIpc) is 3.33. The molecule has 5 heteroatoms. The van der Waals surface area contributed by atoms with Crippen LogP contribution in [0.2, 0.25) is 0 Å². The number of benzene rings is 1. The summed E-state index contributed by atoms with van der Waals surface area (Å²) < 4.78 is 5.79. The van der Waals surface area contributed by atoms with E-state index in [9.17, 15) is 0 Å². The van der Waals surface area contributed by atoms with Crippen LogP contribution in [-0.4, -0.2) is 21.2 Å². The van der Waals surface area contributed by atoms with Crippen molar-refractivity contribution in [1.82, 2.24) is 15.1 Å². The van der Waals surface area contributed by atoms with Crippen molar-refractivity contribution in [1.29, 1.82) is 0 Å². The van der Waals surface area contributed by atoms with Gasteiger partial charge in [-0.2, -0.15) is 0 Å². The highest BCUT2D eigenvalue weighted by Crippen LogP contribution is 2.37. The second-order valence-electron chi connectivity index (χ2n) is 8.41. The molecule has 1 N–H and O–H groups in total. The van der Waals surface area contributed by atoms with Crippen LogP contribution in [0.3, 0.4) is 0 Å². The van der Waals surface area contributed by atoms with Gasteiger partial charge in [0, 0.05) is 11.6 Å². The van der Waals surface area contributed by atoms with Gasteiger partial charge in [-0.25, -0.2) is 9.97 Å². The number of anilines is 1. The predicted molar refractivity (Wildman–Crippen MR) is 114 cm³/mol. The molecule has 3 aromatic rings. The third kappa shape index (κ3) is 3.75. The molecule has 0 bridgehead atoms. The Labute approximate surface area is 166 Å². The van der Waals surface area contributed by atoms with Crippen molar-refractivity contribution in [3.05, 3.63) is 34.6 Å².